The van der Waals surface area contributed by atoms with Gasteiger partial charge in [-0.25, -0.2) is 38.4 Å². The molecule has 0 saturated heterocycles. The maximum Gasteiger partial charge on any atom is 1.00 e. The summed E-state index contributed by atoms with van der Waals surface area (Å²) in [5.41, 5.74) is -5.21. The van der Waals surface area contributed by atoms with Crippen LogP contribution in [0.25, 0.3) is 11.8 Å². The fraction of sp³-hybridized carbons (Fsp3) is 0.133. The van der Waals surface area contributed by atoms with E-state index in [0.29, 0.717) is 36.4 Å². The van der Waals surface area contributed by atoms with Gasteiger partial charge in [0.2, 0.25) is 0 Å². The zero-order chi connectivity index (χ0) is 42.5. The molecular weight excluding hydrogens is 962 g/mol. The summed E-state index contributed by atoms with van der Waals surface area (Å²) in [6.45, 7) is 1.82. The number of carbonyl (C=O) groups excluding carboxylic acids is 4. The van der Waals surface area contributed by atoms with Crippen LogP contribution in [-0.2, 0) is 54.9 Å². The van der Waals surface area contributed by atoms with Crippen molar-refractivity contribution in [3.05, 3.63) is 77.0 Å². The zero-order valence-corrected chi connectivity index (χ0v) is 48.0. The number of hydrogen-bond donors (Lipinski definition) is 0. The van der Waals surface area contributed by atoms with Crippen molar-refractivity contribution < 1.29 is 246 Å². The summed E-state index contributed by atoms with van der Waals surface area (Å²) < 4.78 is 142. The summed E-state index contributed by atoms with van der Waals surface area (Å²) >= 11 is 0. The third kappa shape index (κ3) is 14.9. The van der Waals surface area contributed by atoms with Gasteiger partial charge in [0.05, 0.1) is 36.5 Å². The van der Waals surface area contributed by atoms with Gasteiger partial charge < -0.3 is 28.2 Å². The van der Waals surface area contributed by atoms with Gasteiger partial charge in [-0.15, -0.1) is 0 Å². The van der Waals surface area contributed by atoms with E-state index < -0.39 is 129 Å². The van der Waals surface area contributed by atoms with Crippen molar-refractivity contribution in [1.29, 1.82) is 0 Å². The molecule has 0 fully saturated rings. The molecule has 0 radical (unpaired) electrons. The first-order valence-electron chi connectivity index (χ1n) is 14.7. The number of benzene rings is 2. The summed E-state index contributed by atoms with van der Waals surface area (Å²) in [7, 11) is -19.0. The normalized spacial score (nSPS) is 13.9. The molecule has 0 N–H and O–H groups in total. The van der Waals surface area contributed by atoms with E-state index in [1.807, 2.05) is 0 Å². The Morgan fingerprint density at radius 2 is 1.18 bits per heavy atom. The summed E-state index contributed by atoms with van der Waals surface area (Å²) in [4.78, 5) is 48.2. The van der Waals surface area contributed by atoms with E-state index in [4.69, 9.17) is 0 Å². The summed E-state index contributed by atoms with van der Waals surface area (Å²) in [6.07, 6.45) is 3.39. The van der Waals surface area contributed by atoms with Crippen molar-refractivity contribution in [1.82, 2.24) is 14.7 Å². The Morgan fingerprint density at radius 1 is 0.721 bits per heavy atom. The molecule has 0 unspecified atom stereocenters. The van der Waals surface area contributed by atoms with Crippen molar-refractivity contribution in [2.75, 3.05) is 19.1 Å². The van der Waals surface area contributed by atoms with Crippen LogP contribution in [0.15, 0.2) is 90.5 Å². The number of carbonyl (C=O) groups is 4. The molecule has 1 aromatic heterocycles. The maximum absolute atomic E-state index is 13.6. The molecule has 298 valence electrons. The molecule has 61 heavy (non-hydrogen) atoms. The number of ketones is 2. The van der Waals surface area contributed by atoms with E-state index in [1.165, 1.54) is 14.1 Å². The summed E-state index contributed by atoms with van der Waals surface area (Å²) in [5, 5.41) is 21.2. The number of hydrazone groups is 1. The Hall–Kier alpha value is -0.104. The fourth-order valence-corrected chi connectivity index (χ4v) is 7.09. The molecule has 0 atom stereocenters. The van der Waals surface area contributed by atoms with E-state index in [9.17, 15) is 76.2 Å². The molecule has 0 aliphatic carbocycles. The van der Waals surface area contributed by atoms with Crippen LogP contribution < -0.4 is 180 Å². The predicted octanol–water partition coefficient (Wildman–Crippen LogP) is -16.3. The molecule has 1 aliphatic heterocycles. The topological polar surface area (TPSA) is 357 Å². The molecule has 0 bridgehead atoms. The maximum atomic E-state index is 13.6. The number of rotatable bonds is 12. The number of nitrogens with zero attached hydrogens (tertiary/aromatic N) is 5. The molecule has 31 heteroatoms. The van der Waals surface area contributed by atoms with Crippen molar-refractivity contribution in [2.45, 2.75) is 33.4 Å². The van der Waals surface area contributed by atoms with Crippen LogP contribution in [0.4, 0.5) is 5.69 Å². The van der Waals surface area contributed by atoms with Crippen LogP contribution in [-0.4, -0.2) is 110 Å². The van der Waals surface area contributed by atoms with Crippen LogP contribution in [0.5, 0.6) is 5.88 Å². The van der Waals surface area contributed by atoms with Crippen molar-refractivity contribution in [3.8, 4) is 11.6 Å². The monoisotopic (exact) mass is 983 g/mol. The molecule has 4 rings (SSSR count). The van der Waals surface area contributed by atoms with Crippen molar-refractivity contribution in [2.24, 2.45) is 5.10 Å². The SMILES string of the molecule is CC(=O)C1=NN(c2cc(S(=O)(=O)[O-])ccc2S(=O)(=O)[O-])C(=O)\C1=C/C=C(\C=C\c1c(C(C)=O)nn(-c2cc(S(=O)(=O)[O-])ccc2S(=O)(=O)[O-])c1[O-])C(=O)N(C)C.[K+].[Na+].[Na+].[Na+].[Na+]. The minimum absolute atomic E-state index is 0. The van der Waals surface area contributed by atoms with Gasteiger partial charge in [-0.3, -0.25) is 19.2 Å². The Bertz CT molecular complexity index is 2860. The van der Waals surface area contributed by atoms with E-state index in [1.54, 1.807) is 0 Å². The molecule has 1 aliphatic rings. The van der Waals surface area contributed by atoms with E-state index in [0.717, 1.165) is 43.1 Å². The van der Waals surface area contributed by atoms with Gasteiger partial charge in [0.1, 0.15) is 51.9 Å². The number of allylic oxidation sites excluding steroid dienone is 2. The predicted molar refractivity (Wildman–Crippen MR) is 181 cm³/mol. The number of anilines is 1. The third-order valence-electron chi connectivity index (χ3n) is 7.37. The molecule has 0 saturated carbocycles. The Balaban J connectivity index is 0. The van der Waals surface area contributed by atoms with E-state index >= 15 is 0 Å². The third-order valence-corrected chi connectivity index (χ3v) is 10.8. The Morgan fingerprint density at radius 3 is 1.59 bits per heavy atom. The van der Waals surface area contributed by atoms with E-state index in [-0.39, 0.29) is 179 Å². The number of likely N-dealkylation sites (N-methyl/N-ethyl adjacent to an activating group) is 1. The van der Waals surface area contributed by atoms with Gasteiger partial charge in [0.15, 0.2) is 11.6 Å². The first kappa shape index (κ1) is 63.0. The average Bonchev–Trinajstić information content (AvgIpc) is 3.58. The number of amides is 2. The van der Waals surface area contributed by atoms with Gasteiger partial charge in [-0.1, -0.05) is 6.08 Å². The minimum Gasteiger partial charge on any atom is -0.858 e. The largest absolute Gasteiger partial charge is 1.00 e. The summed E-state index contributed by atoms with van der Waals surface area (Å²) in [5.74, 6) is -5.49. The van der Waals surface area contributed by atoms with Crippen LogP contribution >= 0.6 is 0 Å². The van der Waals surface area contributed by atoms with Crippen molar-refractivity contribution in [3.63, 3.8) is 0 Å². The van der Waals surface area contributed by atoms with E-state index in [2.05, 4.69) is 10.2 Å². The Kier molecular flexibility index (Phi) is 24.9. The number of hydrogen-bond acceptors (Lipinski definition) is 19. The fourth-order valence-electron chi connectivity index (χ4n) is 4.84. The second-order valence-corrected chi connectivity index (χ2v) is 16.9. The average molecular weight is 984 g/mol. The van der Waals surface area contributed by atoms with Gasteiger partial charge in [0, 0.05) is 39.1 Å². The summed E-state index contributed by atoms with van der Waals surface area (Å²) in [6, 6.07) is 2.59. The standard InChI is InChI=1S/C30H27N5O17S4.K.4Na/c1-15(36)26-20(29(39)34(31-26)22-13-18(53(41,42)43)7-11-24(22)55(47,48)49)9-5-17(28(38)33(3)4)6-10-21-27(16(2)37)32-35(30(21)40)23-14-19(54(44,45)46)8-12-25(23)56(50,51)52;;;;;/h5-14,39H,1-4H3,(H,41,42,43)(H,44,45,46)(H,47,48,49)(H,50,51,52);;;;;/q;5*+1/p-5/b9-5+,17-6+,21-10-;;;;;. The molecule has 2 amide bonds. The van der Waals surface area contributed by atoms with Gasteiger partial charge in [-0.05, 0) is 60.5 Å². The smallest absolute Gasteiger partial charge is 0.858 e. The quantitative estimate of drug-likeness (QED) is 0.0535. The first-order chi connectivity index (χ1) is 25.5. The van der Waals surface area contributed by atoms with Crippen LogP contribution in [0.3, 0.4) is 0 Å². The van der Waals surface area contributed by atoms with Crippen molar-refractivity contribution >= 4 is 81.3 Å². The van der Waals surface area contributed by atoms with Crippen LogP contribution in [0.1, 0.15) is 29.9 Å². The molecule has 2 heterocycles. The zero-order valence-electron chi connectivity index (χ0n) is 33.6. The second kappa shape index (κ2) is 24.1. The minimum atomic E-state index is -5.47. The number of aromatic nitrogens is 2. The molecule has 3 aromatic rings. The van der Waals surface area contributed by atoms with Gasteiger partial charge >= 0.3 is 170 Å². The Labute approximate surface area is 479 Å². The molecule has 0 spiro atoms. The van der Waals surface area contributed by atoms with Gasteiger partial charge in [-0.2, -0.15) is 15.2 Å². The van der Waals surface area contributed by atoms with Crippen LogP contribution in [0, 0.1) is 0 Å². The molecule has 2 aromatic carbocycles. The van der Waals surface area contributed by atoms with Gasteiger partial charge in [0.25, 0.3) is 11.8 Å². The number of Topliss-reactive ketones (excluding diaryl/α,β-unsaturated/α-hetero) is 2. The molecular formula is C30H22KN5Na4O17S4. The molecule has 22 nitrogen and oxygen atoms in total. The second-order valence-electron chi connectivity index (χ2n) is 11.5. The van der Waals surface area contributed by atoms with Crippen LogP contribution in [0.2, 0.25) is 0 Å². The first-order valence-corrected chi connectivity index (χ1v) is 20.4.